The van der Waals surface area contributed by atoms with E-state index in [0.29, 0.717) is 35.1 Å². The van der Waals surface area contributed by atoms with Crippen molar-refractivity contribution in [3.8, 4) is 11.1 Å². The summed E-state index contributed by atoms with van der Waals surface area (Å²) in [6.45, 7) is -0.777. The number of halogens is 9. The maximum atomic E-state index is 13.6. The van der Waals surface area contributed by atoms with Crippen LogP contribution in [0.4, 0.5) is 39.5 Å². The number of nitrogens with two attached hydrogens (primary N) is 1. The molecule has 5 rings (SSSR count). The second-order valence-corrected chi connectivity index (χ2v) is 10.3. The Morgan fingerprint density at radius 1 is 0.938 bits per heavy atom. The highest BCUT2D eigenvalue weighted by Crippen LogP contribution is 2.52. The molecule has 1 aliphatic carbocycles. The highest BCUT2D eigenvalue weighted by atomic mass is 19.3. The van der Waals surface area contributed by atoms with Gasteiger partial charge in [0.05, 0.1) is 29.4 Å². The number of carbonyl (C=O) groups is 2. The van der Waals surface area contributed by atoms with Gasteiger partial charge >= 0.3 is 0 Å². The zero-order chi connectivity index (χ0) is 35.8. The zero-order valence-corrected chi connectivity index (χ0v) is 25.5. The molecule has 0 saturated heterocycles. The minimum absolute atomic E-state index is 0.0458. The summed E-state index contributed by atoms with van der Waals surface area (Å²) in [6, 6.07) is 10.8. The number of aromatic nitrogens is 3. The number of aldehydes is 2. The first-order valence-electron chi connectivity index (χ1n) is 14.2. The predicted octanol–water partition coefficient (Wildman–Crippen LogP) is 7.05. The molecular formula is C32H30F9N5O2. The Labute approximate surface area is 269 Å². The lowest BCUT2D eigenvalue weighted by Gasteiger charge is -2.29. The Hall–Kier alpha value is -4.57. The normalized spacial score (nSPS) is 14.9. The largest absolute Gasteiger partial charge is 0.333 e. The van der Waals surface area contributed by atoms with Crippen LogP contribution in [0.3, 0.4) is 0 Å². The van der Waals surface area contributed by atoms with Crippen LogP contribution in [0, 0.1) is 17.5 Å². The third kappa shape index (κ3) is 8.47. The first-order valence-corrected chi connectivity index (χ1v) is 14.2. The van der Waals surface area contributed by atoms with Crippen LogP contribution in [-0.4, -0.2) is 41.4 Å². The van der Waals surface area contributed by atoms with E-state index < -0.39 is 72.1 Å². The number of alkyl halides is 6. The van der Waals surface area contributed by atoms with Gasteiger partial charge in [-0.1, -0.05) is 12.1 Å². The van der Waals surface area contributed by atoms with E-state index in [1.165, 1.54) is 31.3 Å². The fourth-order valence-electron chi connectivity index (χ4n) is 5.17. The van der Waals surface area contributed by atoms with Crippen LogP contribution in [-0.2, 0) is 29.6 Å². The van der Waals surface area contributed by atoms with Crippen molar-refractivity contribution in [2.45, 2.75) is 50.1 Å². The Bertz CT molecular complexity index is 1710. The van der Waals surface area contributed by atoms with Gasteiger partial charge in [0.25, 0.3) is 18.3 Å². The average molecular weight is 688 g/mol. The number of nitrogens with one attached hydrogen (secondary N) is 1. The lowest BCUT2D eigenvalue weighted by molar-refractivity contribution is -0.110. The molecule has 16 heteroatoms. The van der Waals surface area contributed by atoms with Gasteiger partial charge in [-0.05, 0) is 62.0 Å². The van der Waals surface area contributed by atoms with Crippen molar-refractivity contribution in [2.75, 3.05) is 14.1 Å². The minimum atomic E-state index is -3.80. The topological polar surface area (TPSA) is 103 Å². The molecular weight excluding hydrogens is 657 g/mol. The molecule has 0 radical (unpaired) electrons. The van der Waals surface area contributed by atoms with E-state index in [4.69, 9.17) is 0 Å². The standard InChI is InChI=1S/C21H17F3N2O.C10H8F6N2O.CH5N/c1-25-20(9-13-7-16(22)11-17(23)8-13)21-18(3-2-6-26-21)14-4-5-19(24)15(10-14)12-27;11-8(12)6-5-7(18(17-6)3-4-19)10(15,16)2-1-9(5,13)14;1-2/h2-8,10-12,20,25H,9H2,1H3;4,8H,1-3H2;2H2,1H3. The van der Waals surface area contributed by atoms with Gasteiger partial charge in [0, 0.05) is 30.7 Å². The molecule has 2 heterocycles. The molecule has 1 atom stereocenters. The molecule has 2 aromatic heterocycles. The van der Waals surface area contributed by atoms with E-state index in [0.717, 1.165) is 6.07 Å². The highest BCUT2D eigenvalue weighted by molar-refractivity contribution is 5.79. The van der Waals surface area contributed by atoms with Crippen molar-refractivity contribution < 1.29 is 49.1 Å². The summed E-state index contributed by atoms with van der Waals surface area (Å²) in [5, 5.41) is 6.15. The quantitative estimate of drug-likeness (QED) is 0.144. The molecule has 0 amide bonds. The number of benzene rings is 2. The van der Waals surface area contributed by atoms with Crippen LogP contribution < -0.4 is 11.1 Å². The van der Waals surface area contributed by atoms with Gasteiger partial charge in [-0.15, -0.1) is 0 Å². The lowest BCUT2D eigenvalue weighted by Crippen LogP contribution is -2.32. The molecule has 0 fully saturated rings. The van der Waals surface area contributed by atoms with Crippen LogP contribution in [0.15, 0.2) is 54.7 Å². The summed E-state index contributed by atoms with van der Waals surface area (Å²) in [5.74, 6) is -9.39. The van der Waals surface area contributed by atoms with E-state index >= 15 is 0 Å². The van der Waals surface area contributed by atoms with E-state index in [-0.39, 0.29) is 22.6 Å². The Balaban J connectivity index is 0.000000262. The maximum absolute atomic E-state index is 13.6. The minimum Gasteiger partial charge on any atom is -0.333 e. The van der Waals surface area contributed by atoms with Gasteiger partial charge in [0.15, 0.2) is 6.29 Å². The van der Waals surface area contributed by atoms with Crippen molar-refractivity contribution in [1.29, 1.82) is 0 Å². The Morgan fingerprint density at radius 2 is 1.58 bits per heavy atom. The number of rotatable bonds is 9. The van der Waals surface area contributed by atoms with Crippen LogP contribution in [0.2, 0.25) is 0 Å². The Morgan fingerprint density at radius 3 is 2.17 bits per heavy atom. The number of hydrogen-bond acceptors (Lipinski definition) is 6. The van der Waals surface area contributed by atoms with Crippen LogP contribution in [0.25, 0.3) is 11.1 Å². The molecule has 0 bridgehead atoms. The average Bonchev–Trinajstić information content (AvgIpc) is 3.46. The monoisotopic (exact) mass is 687 g/mol. The zero-order valence-electron chi connectivity index (χ0n) is 25.5. The third-order valence-electron chi connectivity index (χ3n) is 7.21. The molecule has 0 aliphatic heterocycles. The Kier molecular flexibility index (Phi) is 12.6. The van der Waals surface area contributed by atoms with Gasteiger partial charge in [0.1, 0.15) is 35.1 Å². The van der Waals surface area contributed by atoms with Gasteiger partial charge in [0.2, 0.25) is 0 Å². The van der Waals surface area contributed by atoms with Crippen molar-refractivity contribution in [3.63, 3.8) is 0 Å². The molecule has 48 heavy (non-hydrogen) atoms. The summed E-state index contributed by atoms with van der Waals surface area (Å²) >= 11 is 0. The van der Waals surface area contributed by atoms with E-state index in [1.807, 2.05) is 0 Å². The summed E-state index contributed by atoms with van der Waals surface area (Å²) in [6.07, 6.45) is -3.33. The van der Waals surface area contributed by atoms with Gasteiger partial charge in [-0.25, -0.2) is 30.7 Å². The van der Waals surface area contributed by atoms with Crippen LogP contribution in [0.5, 0.6) is 0 Å². The summed E-state index contributed by atoms with van der Waals surface area (Å²) < 4.78 is 121. The summed E-state index contributed by atoms with van der Waals surface area (Å²) in [7, 11) is 3.22. The SMILES string of the molecule is CN.CNC(Cc1cc(F)cc(F)c1)c1ncccc1-c1ccc(F)c(C=O)c1.O=CCn1nc(C(F)F)c2c1C(F)(F)CCC2(F)F. The smallest absolute Gasteiger partial charge is 0.290 e. The fourth-order valence-corrected chi connectivity index (χ4v) is 5.17. The number of hydrogen-bond donors (Lipinski definition) is 2. The molecule has 3 N–H and O–H groups in total. The van der Waals surface area contributed by atoms with Gasteiger partial charge < -0.3 is 15.8 Å². The number of fused-ring (bicyclic) bond motifs is 1. The molecule has 0 saturated carbocycles. The van der Waals surface area contributed by atoms with Crippen molar-refractivity contribution in [1.82, 2.24) is 20.1 Å². The molecule has 258 valence electrons. The van der Waals surface area contributed by atoms with E-state index in [2.05, 4.69) is 21.1 Å². The second kappa shape index (κ2) is 16.0. The van der Waals surface area contributed by atoms with Crippen molar-refractivity contribution in [2.24, 2.45) is 5.73 Å². The molecule has 1 aliphatic rings. The van der Waals surface area contributed by atoms with Gasteiger partial charge in [-0.3, -0.25) is 14.5 Å². The lowest BCUT2D eigenvalue weighted by atomic mass is 9.89. The van der Waals surface area contributed by atoms with Crippen LogP contribution in [0.1, 0.15) is 63.9 Å². The maximum Gasteiger partial charge on any atom is 0.290 e. The number of pyridine rings is 1. The molecule has 1 unspecified atom stereocenters. The molecule has 4 aromatic rings. The second-order valence-electron chi connectivity index (χ2n) is 10.3. The first-order chi connectivity index (χ1) is 22.7. The molecule has 0 spiro atoms. The number of nitrogens with zero attached hydrogens (tertiary/aromatic N) is 3. The van der Waals surface area contributed by atoms with Crippen molar-refractivity contribution in [3.05, 3.63) is 106 Å². The van der Waals surface area contributed by atoms with E-state index in [1.54, 1.807) is 31.4 Å². The van der Waals surface area contributed by atoms with Gasteiger partial charge in [-0.2, -0.15) is 13.9 Å². The number of likely N-dealkylation sites (N-methyl/N-ethyl adjacent to an activating group) is 1. The number of carbonyl (C=O) groups excluding carboxylic acids is 2. The highest BCUT2D eigenvalue weighted by Gasteiger charge is 2.54. The third-order valence-corrected chi connectivity index (χ3v) is 7.21. The summed E-state index contributed by atoms with van der Waals surface area (Å²) in [4.78, 5) is 25.8. The fraction of sp³-hybridized carbons (Fsp3) is 0.312. The molecule has 2 aromatic carbocycles. The summed E-state index contributed by atoms with van der Waals surface area (Å²) in [5.41, 5.74) is 2.79. The van der Waals surface area contributed by atoms with Crippen LogP contribution >= 0.6 is 0 Å². The molecule has 7 nitrogen and oxygen atoms in total. The van der Waals surface area contributed by atoms with E-state index in [9.17, 15) is 49.1 Å². The first kappa shape index (κ1) is 37.9. The van der Waals surface area contributed by atoms with Crippen molar-refractivity contribution >= 4 is 12.6 Å². The predicted molar refractivity (Wildman–Crippen MR) is 157 cm³/mol.